The van der Waals surface area contributed by atoms with Crippen LogP contribution in [0.4, 0.5) is 0 Å². The molecule has 0 aliphatic heterocycles. The van der Waals surface area contributed by atoms with E-state index in [2.05, 4.69) is 5.32 Å². The zero-order chi connectivity index (χ0) is 8.91. The zero-order valence-corrected chi connectivity index (χ0v) is 10.0. The zero-order valence-electron chi connectivity index (χ0n) is 7.20. The van der Waals surface area contributed by atoms with Crippen LogP contribution in [0.3, 0.4) is 0 Å². The minimum atomic E-state index is -3.87. The summed E-state index contributed by atoms with van der Waals surface area (Å²) in [5, 5.41) is 2.40. The van der Waals surface area contributed by atoms with E-state index < -0.39 is 10.1 Å². The van der Waals surface area contributed by atoms with Gasteiger partial charge in [-0.1, -0.05) is 0 Å². The standard InChI is InChI=1S/C5H11NO4S.Na/c1-5(7)6-3-2-4-11(8,9)10;/h2-4H2,1H3,(H,6,7)(H,8,9,10);. The third kappa shape index (κ3) is 13.0. The van der Waals surface area contributed by atoms with Crippen LogP contribution in [0.15, 0.2) is 0 Å². The Labute approximate surface area is 94.0 Å². The second-order valence-electron chi connectivity index (χ2n) is 2.12. The monoisotopic (exact) mass is 204 g/mol. The fraction of sp³-hybridized carbons (Fsp3) is 0.800. The van der Waals surface area contributed by atoms with Gasteiger partial charge in [0.1, 0.15) is 0 Å². The van der Waals surface area contributed by atoms with Gasteiger partial charge in [-0.3, -0.25) is 9.35 Å². The smallest absolute Gasteiger partial charge is 0.264 e. The Bertz CT molecular complexity index is 226. The van der Waals surface area contributed by atoms with Crippen molar-refractivity contribution in [2.45, 2.75) is 13.3 Å². The molecular weight excluding hydrogens is 193 g/mol. The van der Waals surface area contributed by atoms with Crippen LogP contribution in [-0.4, -0.2) is 60.7 Å². The molecule has 0 aliphatic carbocycles. The summed E-state index contributed by atoms with van der Waals surface area (Å²) in [7, 11) is -3.87. The van der Waals surface area contributed by atoms with Gasteiger partial charge in [-0.05, 0) is 6.42 Å². The number of carbonyl (C=O) groups excluding carboxylic acids is 1. The molecule has 0 saturated heterocycles. The largest absolute Gasteiger partial charge is 0.356 e. The molecular formula is C5H11NNaO4S. The van der Waals surface area contributed by atoms with Crippen LogP contribution in [0.2, 0.25) is 0 Å². The Morgan fingerprint density at radius 3 is 2.33 bits per heavy atom. The van der Waals surface area contributed by atoms with Gasteiger partial charge >= 0.3 is 0 Å². The van der Waals surface area contributed by atoms with Gasteiger partial charge in [0, 0.05) is 43.0 Å². The number of amides is 1. The third-order valence-electron chi connectivity index (χ3n) is 0.953. The van der Waals surface area contributed by atoms with Gasteiger partial charge in [0.25, 0.3) is 10.1 Å². The molecule has 7 heteroatoms. The molecule has 67 valence electrons. The summed E-state index contributed by atoms with van der Waals surface area (Å²) in [5.74, 6) is -0.520. The van der Waals surface area contributed by atoms with Crippen molar-refractivity contribution < 1.29 is 17.8 Å². The van der Waals surface area contributed by atoms with Crippen LogP contribution >= 0.6 is 0 Å². The van der Waals surface area contributed by atoms with Crippen molar-refractivity contribution in [2.24, 2.45) is 0 Å². The molecule has 1 amide bonds. The molecule has 1 radical (unpaired) electrons. The molecule has 0 aromatic rings. The van der Waals surface area contributed by atoms with E-state index in [1.807, 2.05) is 0 Å². The first-order valence-corrected chi connectivity index (χ1v) is 4.72. The summed E-state index contributed by atoms with van der Waals surface area (Å²) >= 11 is 0. The minimum absolute atomic E-state index is 0. The van der Waals surface area contributed by atoms with E-state index in [0.29, 0.717) is 0 Å². The van der Waals surface area contributed by atoms with Crippen LogP contribution in [0, 0.1) is 0 Å². The number of hydrogen-bond donors (Lipinski definition) is 2. The molecule has 0 unspecified atom stereocenters. The molecule has 0 bridgehead atoms. The maximum absolute atomic E-state index is 10.2. The Balaban J connectivity index is 0. The van der Waals surface area contributed by atoms with E-state index >= 15 is 0 Å². The van der Waals surface area contributed by atoms with Crippen molar-refractivity contribution in [3.8, 4) is 0 Å². The first-order chi connectivity index (χ1) is 4.92. The summed E-state index contributed by atoms with van der Waals surface area (Å²) in [6, 6.07) is 0. The van der Waals surface area contributed by atoms with Gasteiger partial charge in [0.2, 0.25) is 5.91 Å². The van der Waals surface area contributed by atoms with Crippen LogP contribution in [0.1, 0.15) is 13.3 Å². The molecule has 0 spiro atoms. The van der Waals surface area contributed by atoms with Crippen molar-refractivity contribution in [2.75, 3.05) is 12.3 Å². The molecule has 0 heterocycles. The predicted octanol–water partition coefficient (Wildman–Crippen LogP) is -0.980. The molecule has 0 aromatic heterocycles. The van der Waals surface area contributed by atoms with Gasteiger partial charge in [0.05, 0.1) is 5.75 Å². The molecule has 0 fully saturated rings. The molecule has 5 nitrogen and oxygen atoms in total. The SMILES string of the molecule is CC(=O)NCCCS(=O)(=O)O.[Na]. The Morgan fingerprint density at radius 2 is 2.00 bits per heavy atom. The predicted molar refractivity (Wildman–Crippen MR) is 45.5 cm³/mol. The molecule has 0 aliphatic rings. The Morgan fingerprint density at radius 1 is 1.50 bits per heavy atom. The van der Waals surface area contributed by atoms with Crippen LogP contribution in [0.25, 0.3) is 0 Å². The molecule has 0 rings (SSSR count). The van der Waals surface area contributed by atoms with Crippen LogP contribution < -0.4 is 5.32 Å². The first-order valence-electron chi connectivity index (χ1n) is 3.11. The number of hydrogen-bond acceptors (Lipinski definition) is 3. The van der Waals surface area contributed by atoms with Crippen molar-refractivity contribution >= 4 is 45.6 Å². The van der Waals surface area contributed by atoms with Gasteiger partial charge in [-0.25, -0.2) is 0 Å². The van der Waals surface area contributed by atoms with E-state index in [1.54, 1.807) is 0 Å². The van der Waals surface area contributed by atoms with E-state index in [1.165, 1.54) is 6.92 Å². The van der Waals surface area contributed by atoms with Gasteiger partial charge < -0.3 is 5.32 Å². The number of carbonyl (C=O) groups is 1. The second kappa shape index (κ2) is 6.85. The van der Waals surface area contributed by atoms with Crippen molar-refractivity contribution in [1.82, 2.24) is 5.32 Å². The summed E-state index contributed by atoms with van der Waals surface area (Å²) in [6.07, 6.45) is 0.235. The Hall–Kier alpha value is 0.380. The van der Waals surface area contributed by atoms with Gasteiger partial charge in [-0.2, -0.15) is 8.42 Å². The normalized spacial score (nSPS) is 10.2. The maximum Gasteiger partial charge on any atom is 0.264 e. The van der Waals surface area contributed by atoms with E-state index in [9.17, 15) is 13.2 Å². The van der Waals surface area contributed by atoms with Crippen LogP contribution in [0.5, 0.6) is 0 Å². The molecule has 0 saturated carbocycles. The molecule has 12 heavy (non-hydrogen) atoms. The number of rotatable bonds is 4. The average Bonchev–Trinajstić information content (AvgIpc) is 1.78. The third-order valence-corrected chi connectivity index (χ3v) is 1.76. The average molecular weight is 204 g/mol. The summed E-state index contributed by atoms with van der Waals surface area (Å²) in [5.41, 5.74) is 0. The molecule has 2 N–H and O–H groups in total. The van der Waals surface area contributed by atoms with E-state index in [-0.39, 0.29) is 54.2 Å². The number of nitrogens with one attached hydrogen (secondary N) is 1. The van der Waals surface area contributed by atoms with Crippen molar-refractivity contribution in [3.05, 3.63) is 0 Å². The van der Waals surface area contributed by atoms with E-state index in [0.717, 1.165) is 0 Å². The molecule has 0 aromatic carbocycles. The Kier molecular flexibility index (Phi) is 8.49. The topological polar surface area (TPSA) is 83.5 Å². The first kappa shape index (κ1) is 14.9. The molecule has 0 atom stereocenters. The summed E-state index contributed by atoms with van der Waals surface area (Å²) in [6.45, 7) is 1.61. The second-order valence-corrected chi connectivity index (χ2v) is 3.69. The summed E-state index contributed by atoms with van der Waals surface area (Å²) < 4.78 is 28.5. The van der Waals surface area contributed by atoms with Crippen LogP contribution in [-0.2, 0) is 14.9 Å². The quantitative estimate of drug-likeness (QED) is 0.350. The fourth-order valence-corrected chi connectivity index (χ4v) is 1.03. The van der Waals surface area contributed by atoms with Crippen molar-refractivity contribution in [1.29, 1.82) is 0 Å². The van der Waals surface area contributed by atoms with Gasteiger partial charge in [0.15, 0.2) is 0 Å². The minimum Gasteiger partial charge on any atom is -0.356 e. The summed E-state index contributed by atoms with van der Waals surface area (Å²) in [4.78, 5) is 10.2. The maximum atomic E-state index is 10.2. The van der Waals surface area contributed by atoms with Gasteiger partial charge in [-0.15, -0.1) is 0 Å². The van der Waals surface area contributed by atoms with E-state index in [4.69, 9.17) is 4.55 Å². The van der Waals surface area contributed by atoms with Crippen molar-refractivity contribution in [3.63, 3.8) is 0 Å². The fourth-order valence-electron chi connectivity index (χ4n) is 0.519.